The lowest BCUT2D eigenvalue weighted by atomic mass is 9.94. The monoisotopic (exact) mass is 501 g/mol. The Morgan fingerprint density at radius 1 is 0.829 bits per heavy atom. The maximum Gasteiger partial charge on any atom is 0.261 e. The number of sulfonamides is 1. The van der Waals surface area contributed by atoms with Gasteiger partial charge in [-0.2, -0.15) is 0 Å². The van der Waals surface area contributed by atoms with Crippen LogP contribution in [0.2, 0.25) is 5.02 Å². The van der Waals surface area contributed by atoms with Gasteiger partial charge in [-0.1, -0.05) is 54.1 Å². The van der Waals surface area contributed by atoms with Crippen molar-refractivity contribution in [2.45, 2.75) is 17.7 Å². The topological polar surface area (TPSA) is 46.2 Å². The second-order valence-corrected chi connectivity index (χ2v) is 10.4. The molecule has 6 heteroatoms. The number of aryl methyl sites for hydroxylation is 2. The molecule has 0 aliphatic heterocycles. The highest BCUT2D eigenvalue weighted by Gasteiger charge is 2.18. The molecule has 0 saturated heterocycles. The summed E-state index contributed by atoms with van der Waals surface area (Å²) in [5.74, 6) is -0.493. The van der Waals surface area contributed by atoms with Crippen LogP contribution in [0.25, 0.3) is 11.6 Å². The number of benzene rings is 4. The van der Waals surface area contributed by atoms with Crippen LogP contribution in [-0.2, 0) is 22.9 Å². The normalized spacial score (nSPS) is 12.7. The van der Waals surface area contributed by atoms with Crippen molar-refractivity contribution >= 4 is 39.0 Å². The van der Waals surface area contributed by atoms with Crippen LogP contribution in [0.5, 0.6) is 0 Å². The average Bonchev–Trinajstić information content (AvgIpc) is 2.99. The molecule has 1 N–H and O–H groups in total. The van der Waals surface area contributed by atoms with Crippen LogP contribution < -0.4 is 4.72 Å². The Balaban J connectivity index is 1.54. The summed E-state index contributed by atoms with van der Waals surface area (Å²) in [7, 11) is -3.84. The highest BCUT2D eigenvalue weighted by atomic mass is 35.5. The molecular formula is C29H21ClFNO2S. The molecule has 0 unspecified atom stereocenters. The molecule has 3 nitrogen and oxygen atoms in total. The van der Waals surface area contributed by atoms with Crippen molar-refractivity contribution in [1.82, 2.24) is 0 Å². The van der Waals surface area contributed by atoms with Crippen molar-refractivity contribution in [3.05, 3.63) is 135 Å². The van der Waals surface area contributed by atoms with E-state index in [-0.39, 0.29) is 4.90 Å². The summed E-state index contributed by atoms with van der Waals surface area (Å²) in [6.45, 7) is 0. The predicted molar refractivity (Wildman–Crippen MR) is 139 cm³/mol. The minimum absolute atomic E-state index is 0.00714. The largest absolute Gasteiger partial charge is 0.280 e. The molecule has 0 spiro atoms. The first-order valence-corrected chi connectivity index (χ1v) is 13.0. The molecule has 1 aliphatic rings. The molecule has 0 heterocycles. The SMILES string of the molecule is O=S(=O)(Nc1cccc(C=C=C2c3ccccc3CCc3cc(Cl)ccc32)c1)c1ccc(F)cc1. The molecular weight excluding hydrogens is 481 g/mol. The first-order valence-electron chi connectivity index (χ1n) is 11.1. The van der Waals surface area contributed by atoms with Crippen LogP contribution in [0.1, 0.15) is 27.8 Å². The number of rotatable bonds is 4. The highest BCUT2D eigenvalue weighted by molar-refractivity contribution is 7.92. The molecule has 0 saturated carbocycles. The standard InChI is InChI=1S/C29H21ClFNO2S/c30-23-11-17-28-22(19-23)10-9-21-5-1-2-7-27(21)29(28)16-8-20-4-3-6-25(18-20)32-35(33,34)26-14-12-24(31)13-15-26/h1-8,11-15,17-19,32H,9-10H2. The van der Waals surface area contributed by atoms with Crippen molar-refractivity contribution < 1.29 is 12.8 Å². The average molecular weight is 502 g/mol. The van der Waals surface area contributed by atoms with Crippen LogP contribution in [0.15, 0.2) is 102 Å². The molecule has 174 valence electrons. The molecule has 5 rings (SSSR count). The highest BCUT2D eigenvalue weighted by Crippen LogP contribution is 2.34. The number of hydrogen-bond donors (Lipinski definition) is 1. The Bertz CT molecular complexity index is 1590. The van der Waals surface area contributed by atoms with Crippen molar-refractivity contribution in [3.63, 3.8) is 0 Å². The molecule has 0 atom stereocenters. The van der Waals surface area contributed by atoms with E-state index < -0.39 is 15.8 Å². The van der Waals surface area contributed by atoms with Crippen molar-refractivity contribution in [1.29, 1.82) is 0 Å². The van der Waals surface area contributed by atoms with E-state index in [2.05, 4.69) is 22.6 Å². The molecule has 0 bridgehead atoms. The summed E-state index contributed by atoms with van der Waals surface area (Å²) in [6, 6.07) is 26.0. The molecule has 0 radical (unpaired) electrons. The molecule has 4 aromatic rings. The van der Waals surface area contributed by atoms with Gasteiger partial charge in [0.15, 0.2) is 0 Å². The van der Waals surface area contributed by atoms with Gasteiger partial charge in [0, 0.05) is 16.3 Å². The van der Waals surface area contributed by atoms with Gasteiger partial charge in [0.2, 0.25) is 0 Å². The summed E-state index contributed by atoms with van der Waals surface area (Å²) < 4.78 is 41.1. The van der Waals surface area contributed by atoms with Gasteiger partial charge in [-0.3, -0.25) is 4.72 Å². The zero-order valence-electron chi connectivity index (χ0n) is 18.6. The van der Waals surface area contributed by atoms with Gasteiger partial charge in [0.1, 0.15) is 5.82 Å². The first kappa shape index (κ1) is 23.1. The van der Waals surface area contributed by atoms with Gasteiger partial charge >= 0.3 is 0 Å². The zero-order valence-corrected chi connectivity index (χ0v) is 20.2. The Labute approximate surface area is 209 Å². The van der Waals surface area contributed by atoms with Crippen molar-refractivity contribution in [3.8, 4) is 0 Å². The minimum atomic E-state index is -3.84. The van der Waals surface area contributed by atoms with Crippen LogP contribution in [-0.4, -0.2) is 8.42 Å². The summed E-state index contributed by atoms with van der Waals surface area (Å²) in [5, 5.41) is 0.708. The fourth-order valence-corrected chi connectivity index (χ4v) is 5.48. The molecule has 0 aromatic heterocycles. The van der Waals surface area contributed by atoms with E-state index >= 15 is 0 Å². The third-order valence-corrected chi connectivity index (χ3v) is 7.57. The minimum Gasteiger partial charge on any atom is -0.280 e. The van der Waals surface area contributed by atoms with Crippen LogP contribution >= 0.6 is 11.6 Å². The van der Waals surface area contributed by atoms with Crippen LogP contribution in [0, 0.1) is 5.82 Å². The zero-order chi connectivity index (χ0) is 24.4. The van der Waals surface area contributed by atoms with Gasteiger partial charge in [0.25, 0.3) is 10.0 Å². The number of anilines is 1. The van der Waals surface area contributed by atoms with Gasteiger partial charge in [-0.25, -0.2) is 12.8 Å². The number of nitrogens with one attached hydrogen (secondary N) is 1. The maximum atomic E-state index is 13.2. The van der Waals surface area contributed by atoms with E-state index in [1.165, 1.54) is 23.3 Å². The van der Waals surface area contributed by atoms with E-state index in [0.29, 0.717) is 10.7 Å². The van der Waals surface area contributed by atoms with E-state index in [0.717, 1.165) is 47.2 Å². The summed E-state index contributed by atoms with van der Waals surface area (Å²) in [5.41, 5.74) is 10.3. The molecule has 0 amide bonds. The van der Waals surface area contributed by atoms with Gasteiger partial charge in [-0.15, -0.1) is 5.73 Å². The number of hydrogen-bond acceptors (Lipinski definition) is 2. The van der Waals surface area contributed by atoms with Gasteiger partial charge in [-0.05, 0) is 95.3 Å². The molecule has 0 fully saturated rings. The Morgan fingerprint density at radius 2 is 1.57 bits per heavy atom. The number of fused-ring (bicyclic) bond motifs is 2. The fourth-order valence-electron chi connectivity index (χ4n) is 4.24. The van der Waals surface area contributed by atoms with E-state index in [1.807, 2.05) is 42.5 Å². The second kappa shape index (κ2) is 9.55. The quantitative estimate of drug-likeness (QED) is 0.302. The van der Waals surface area contributed by atoms with E-state index in [4.69, 9.17) is 11.6 Å². The Kier molecular flexibility index (Phi) is 6.31. The lowest BCUT2D eigenvalue weighted by Gasteiger charge is -2.10. The molecule has 1 aliphatic carbocycles. The van der Waals surface area contributed by atoms with E-state index in [1.54, 1.807) is 18.2 Å². The number of halogens is 2. The lowest BCUT2D eigenvalue weighted by molar-refractivity contribution is 0.599. The molecule has 35 heavy (non-hydrogen) atoms. The molecule has 4 aromatic carbocycles. The summed E-state index contributed by atoms with van der Waals surface area (Å²) >= 11 is 6.27. The van der Waals surface area contributed by atoms with Crippen molar-refractivity contribution in [2.24, 2.45) is 0 Å². The maximum absolute atomic E-state index is 13.2. The van der Waals surface area contributed by atoms with Crippen LogP contribution in [0.3, 0.4) is 0 Å². The second-order valence-electron chi connectivity index (χ2n) is 8.31. The Hall–Kier alpha value is -3.63. The fraction of sp³-hybridized carbons (Fsp3) is 0.0690. The lowest BCUT2D eigenvalue weighted by Crippen LogP contribution is -2.12. The van der Waals surface area contributed by atoms with E-state index in [9.17, 15) is 12.8 Å². The predicted octanol–water partition coefficient (Wildman–Crippen LogP) is 7.12. The smallest absolute Gasteiger partial charge is 0.261 e. The van der Waals surface area contributed by atoms with Gasteiger partial charge in [0.05, 0.1) is 4.90 Å². The van der Waals surface area contributed by atoms with Gasteiger partial charge < -0.3 is 0 Å². The summed E-state index contributed by atoms with van der Waals surface area (Å²) in [4.78, 5) is -0.00714. The third-order valence-electron chi connectivity index (χ3n) is 5.93. The van der Waals surface area contributed by atoms with Crippen molar-refractivity contribution in [2.75, 3.05) is 4.72 Å². The van der Waals surface area contributed by atoms with Crippen LogP contribution in [0.4, 0.5) is 10.1 Å². The third kappa shape index (κ3) is 5.08. The first-order chi connectivity index (χ1) is 16.9. The Morgan fingerprint density at radius 3 is 2.40 bits per heavy atom. The summed E-state index contributed by atoms with van der Waals surface area (Å²) in [6.07, 6.45) is 3.65.